The summed E-state index contributed by atoms with van der Waals surface area (Å²) in [4.78, 5) is 4.45. The maximum Gasteiger partial charge on any atom is 0 e. The Hall–Kier alpha value is -0.874. The molecule has 0 aliphatic carbocycles. The Bertz CT molecular complexity index is 400. The Kier molecular flexibility index (Phi) is 13.0. The predicted octanol–water partition coefficient (Wildman–Crippen LogP) is 3.80. The SMILES string of the molecule is CN(C)CCC[c-]1[cH-][cH-][cH-][cH-]1.CN(C)CCC[c-]1cccc1.[Co]. The zero-order valence-corrected chi connectivity index (χ0v) is 16.1. The van der Waals surface area contributed by atoms with Crippen molar-refractivity contribution in [2.45, 2.75) is 25.7 Å². The Morgan fingerprint density at radius 2 is 1.26 bits per heavy atom. The Morgan fingerprint density at radius 3 is 1.74 bits per heavy atom. The average Bonchev–Trinajstić information content (AvgIpc) is 3.11. The monoisotopic (exact) mass is 359 g/mol. The first-order valence-corrected chi connectivity index (χ1v) is 8.28. The summed E-state index contributed by atoms with van der Waals surface area (Å²) in [5.41, 5.74) is 2.93. The van der Waals surface area contributed by atoms with Crippen molar-refractivity contribution in [1.82, 2.24) is 9.80 Å². The van der Waals surface area contributed by atoms with E-state index in [1.165, 1.54) is 49.9 Å². The molecule has 2 rings (SSSR count). The molecule has 0 bridgehead atoms. The van der Waals surface area contributed by atoms with Gasteiger partial charge in [-0.25, -0.2) is 18.6 Å². The van der Waals surface area contributed by atoms with Crippen molar-refractivity contribution >= 4 is 0 Å². The van der Waals surface area contributed by atoms with Gasteiger partial charge < -0.3 is 39.6 Å². The van der Waals surface area contributed by atoms with Gasteiger partial charge in [0.15, 0.2) is 0 Å². The first kappa shape index (κ1) is 22.1. The average molecular weight is 359 g/mol. The number of rotatable bonds is 8. The molecule has 1 radical (unpaired) electrons. The Balaban J connectivity index is 0.000000403. The number of aryl methyl sites for hydroxylation is 2. The molecule has 0 amide bonds. The third-order valence-electron chi connectivity index (χ3n) is 3.60. The van der Waals surface area contributed by atoms with Gasteiger partial charge in [-0.15, -0.1) is 0 Å². The van der Waals surface area contributed by atoms with Gasteiger partial charge in [0.05, 0.1) is 0 Å². The molecular weight excluding hydrogens is 327 g/mol. The Labute approximate surface area is 153 Å². The third-order valence-corrected chi connectivity index (χ3v) is 3.60. The molecule has 0 heterocycles. The molecule has 2 aromatic rings. The fourth-order valence-electron chi connectivity index (χ4n) is 2.36. The summed E-state index contributed by atoms with van der Waals surface area (Å²) in [6.45, 7) is 2.37. The number of hydrogen-bond acceptors (Lipinski definition) is 2. The molecule has 137 valence electrons. The van der Waals surface area contributed by atoms with Crippen LogP contribution in [0.2, 0.25) is 0 Å². The minimum Gasteiger partial charge on any atom is -0.748 e. The van der Waals surface area contributed by atoms with E-state index in [0.29, 0.717) is 0 Å². The molecule has 0 aliphatic heterocycles. The molecule has 0 unspecified atom stereocenters. The fourth-order valence-corrected chi connectivity index (χ4v) is 2.36. The summed E-state index contributed by atoms with van der Waals surface area (Å²) in [5, 5.41) is 0. The van der Waals surface area contributed by atoms with Crippen LogP contribution in [0.25, 0.3) is 0 Å². The first-order valence-electron chi connectivity index (χ1n) is 8.28. The zero-order chi connectivity index (χ0) is 16.2. The summed E-state index contributed by atoms with van der Waals surface area (Å²) >= 11 is 0. The molecule has 0 atom stereocenters. The van der Waals surface area contributed by atoms with Crippen molar-refractivity contribution < 1.29 is 16.8 Å². The van der Waals surface area contributed by atoms with Crippen LogP contribution in [0, 0.1) is 0 Å². The van der Waals surface area contributed by atoms with Gasteiger partial charge in [-0.3, -0.25) is 0 Å². The molecule has 0 aliphatic rings. The van der Waals surface area contributed by atoms with E-state index in [0.717, 1.165) is 0 Å². The van der Waals surface area contributed by atoms with Gasteiger partial charge in [0.25, 0.3) is 0 Å². The standard InChI is InChI=1S/2C10H16N.Co/c2*1-11(2)9-5-8-10-6-3-4-7-10;/h2*3-4,6-7H,5,8-9H2,1-2H3;/q-5;-1;. The van der Waals surface area contributed by atoms with Gasteiger partial charge in [0, 0.05) is 16.8 Å². The molecule has 3 heteroatoms. The second kappa shape index (κ2) is 13.6. The van der Waals surface area contributed by atoms with E-state index in [1.807, 2.05) is 0 Å². The van der Waals surface area contributed by atoms with E-state index in [4.69, 9.17) is 0 Å². The molecule has 0 N–H and O–H groups in total. The fraction of sp³-hybridized carbons (Fsp3) is 0.500. The van der Waals surface area contributed by atoms with E-state index in [-0.39, 0.29) is 16.8 Å². The van der Waals surface area contributed by atoms with Crippen molar-refractivity contribution in [2.24, 2.45) is 0 Å². The van der Waals surface area contributed by atoms with Crippen LogP contribution < -0.4 is 0 Å². The Morgan fingerprint density at radius 1 is 0.783 bits per heavy atom. The van der Waals surface area contributed by atoms with Crippen LogP contribution in [0.4, 0.5) is 0 Å². The van der Waals surface area contributed by atoms with Crippen LogP contribution in [0.15, 0.2) is 48.5 Å². The molecule has 0 aromatic heterocycles. The molecule has 2 nitrogen and oxygen atoms in total. The van der Waals surface area contributed by atoms with Gasteiger partial charge in [-0.1, -0.05) is 12.8 Å². The van der Waals surface area contributed by atoms with Crippen molar-refractivity contribution in [1.29, 1.82) is 0 Å². The summed E-state index contributed by atoms with van der Waals surface area (Å²) in [7, 11) is 8.46. The third kappa shape index (κ3) is 12.2. The van der Waals surface area contributed by atoms with Crippen molar-refractivity contribution in [2.75, 3.05) is 41.3 Å². The summed E-state index contributed by atoms with van der Waals surface area (Å²) < 4.78 is 0. The van der Waals surface area contributed by atoms with E-state index in [2.05, 4.69) is 86.5 Å². The van der Waals surface area contributed by atoms with Gasteiger partial charge >= 0.3 is 0 Å². The summed E-state index contributed by atoms with van der Waals surface area (Å²) in [5.74, 6) is 0. The normalized spacial score (nSPS) is 10.3. The molecule has 2 aromatic carbocycles. The minimum atomic E-state index is 0. The van der Waals surface area contributed by atoms with Crippen LogP contribution in [0.3, 0.4) is 0 Å². The second-order valence-electron chi connectivity index (χ2n) is 6.40. The molecule has 0 saturated heterocycles. The van der Waals surface area contributed by atoms with Crippen LogP contribution >= 0.6 is 0 Å². The zero-order valence-electron chi connectivity index (χ0n) is 15.1. The minimum absolute atomic E-state index is 0. The van der Waals surface area contributed by atoms with Crippen LogP contribution in [0.5, 0.6) is 0 Å². The van der Waals surface area contributed by atoms with Crippen LogP contribution in [-0.2, 0) is 29.6 Å². The molecule has 0 fully saturated rings. The maximum atomic E-state index is 2.23. The van der Waals surface area contributed by atoms with Crippen molar-refractivity contribution in [3.05, 3.63) is 59.7 Å². The van der Waals surface area contributed by atoms with Gasteiger partial charge in [-0.05, 0) is 47.7 Å². The van der Waals surface area contributed by atoms with Crippen molar-refractivity contribution in [3.8, 4) is 0 Å². The largest absolute Gasteiger partial charge is 0.748 e. The molecule has 0 saturated carbocycles. The second-order valence-corrected chi connectivity index (χ2v) is 6.40. The van der Waals surface area contributed by atoms with Crippen LogP contribution in [-0.4, -0.2) is 51.1 Å². The molecule has 0 spiro atoms. The summed E-state index contributed by atoms with van der Waals surface area (Å²) in [6, 6.07) is 17.2. The number of hydrogen-bond donors (Lipinski definition) is 0. The smallest absolute Gasteiger partial charge is 0 e. The number of nitrogens with zero attached hydrogens (tertiary/aromatic N) is 2. The van der Waals surface area contributed by atoms with Gasteiger partial charge in [0.1, 0.15) is 0 Å². The predicted molar refractivity (Wildman–Crippen MR) is 97.8 cm³/mol. The van der Waals surface area contributed by atoms with Gasteiger partial charge in [0.2, 0.25) is 0 Å². The first-order chi connectivity index (χ1) is 10.6. The van der Waals surface area contributed by atoms with Gasteiger partial charge in [-0.2, -0.15) is 17.7 Å². The van der Waals surface area contributed by atoms with E-state index in [9.17, 15) is 0 Å². The maximum absolute atomic E-state index is 2.23. The topological polar surface area (TPSA) is 6.48 Å². The molecular formula is C20H32CoN2-6. The van der Waals surface area contributed by atoms with Crippen LogP contribution in [0.1, 0.15) is 24.0 Å². The molecule has 23 heavy (non-hydrogen) atoms. The van der Waals surface area contributed by atoms with E-state index >= 15 is 0 Å². The van der Waals surface area contributed by atoms with Crippen molar-refractivity contribution in [3.63, 3.8) is 0 Å². The van der Waals surface area contributed by atoms with E-state index in [1.54, 1.807) is 0 Å². The summed E-state index contributed by atoms with van der Waals surface area (Å²) in [6.07, 6.45) is 4.95. The van der Waals surface area contributed by atoms with E-state index < -0.39 is 0 Å². The quantitative estimate of drug-likeness (QED) is 0.662.